The van der Waals surface area contributed by atoms with Gasteiger partial charge in [-0.25, -0.2) is 9.97 Å². The van der Waals surface area contributed by atoms with E-state index in [9.17, 15) is 0 Å². The molecule has 2 aromatic heterocycles. The maximum Gasteiger partial charge on any atom is 0.132 e. The van der Waals surface area contributed by atoms with Crippen LogP contribution in [0.1, 0.15) is 30.3 Å². The Hall–Kier alpha value is -2.04. The van der Waals surface area contributed by atoms with E-state index < -0.39 is 0 Å². The predicted octanol–water partition coefficient (Wildman–Crippen LogP) is 2.44. The van der Waals surface area contributed by atoms with Crippen molar-refractivity contribution in [2.75, 3.05) is 11.1 Å². The van der Waals surface area contributed by atoms with Crippen LogP contribution >= 0.6 is 0 Å². The number of nitrogen functional groups attached to an aromatic ring is 1. The summed E-state index contributed by atoms with van der Waals surface area (Å²) >= 11 is 0. The average Bonchev–Trinajstić information content (AvgIpc) is 2.63. The van der Waals surface area contributed by atoms with Crippen LogP contribution in [0.4, 0.5) is 11.6 Å². The fraction of sp³-hybridized carbons (Fsp3) is 0.333. The monoisotopic (exact) mass is 232 g/mol. The number of anilines is 2. The first kappa shape index (κ1) is 11.4. The van der Waals surface area contributed by atoms with Gasteiger partial charge >= 0.3 is 0 Å². The molecule has 0 aliphatic rings. The molecule has 0 amide bonds. The van der Waals surface area contributed by atoms with Gasteiger partial charge in [0.25, 0.3) is 0 Å². The fourth-order valence-corrected chi connectivity index (χ4v) is 1.64. The van der Waals surface area contributed by atoms with Crippen molar-refractivity contribution in [3.63, 3.8) is 0 Å². The topological polar surface area (TPSA) is 77.0 Å². The largest absolute Gasteiger partial charge is 0.464 e. The van der Waals surface area contributed by atoms with E-state index in [2.05, 4.69) is 15.3 Å². The van der Waals surface area contributed by atoms with Crippen LogP contribution in [-0.2, 0) is 0 Å². The van der Waals surface area contributed by atoms with Gasteiger partial charge in [-0.05, 0) is 32.9 Å². The molecule has 1 unspecified atom stereocenters. The standard InChI is InChI=1S/C12H16N4O/c1-7-4-5-10(17-7)8(2)14-12-6-11(13)15-9(3)16-12/h4-6,8H,1-3H3,(H3,13,14,15,16). The summed E-state index contributed by atoms with van der Waals surface area (Å²) in [5.74, 6) is 3.58. The van der Waals surface area contributed by atoms with Crippen molar-refractivity contribution in [1.82, 2.24) is 9.97 Å². The number of nitrogens with two attached hydrogens (primary N) is 1. The lowest BCUT2D eigenvalue weighted by Crippen LogP contribution is -2.09. The van der Waals surface area contributed by atoms with Crippen LogP contribution in [0, 0.1) is 13.8 Å². The van der Waals surface area contributed by atoms with E-state index in [1.807, 2.05) is 32.9 Å². The van der Waals surface area contributed by atoms with Gasteiger partial charge in [0.05, 0.1) is 6.04 Å². The van der Waals surface area contributed by atoms with Crippen LogP contribution < -0.4 is 11.1 Å². The molecule has 0 spiro atoms. The first-order valence-electron chi connectivity index (χ1n) is 5.48. The SMILES string of the molecule is Cc1nc(N)cc(NC(C)c2ccc(C)o2)n1. The lowest BCUT2D eigenvalue weighted by molar-refractivity contribution is 0.466. The van der Waals surface area contributed by atoms with Crippen LogP contribution in [0.2, 0.25) is 0 Å². The lowest BCUT2D eigenvalue weighted by atomic mass is 10.2. The van der Waals surface area contributed by atoms with Gasteiger partial charge < -0.3 is 15.5 Å². The molecule has 0 aromatic carbocycles. The Morgan fingerprint density at radius 2 is 2.06 bits per heavy atom. The summed E-state index contributed by atoms with van der Waals surface area (Å²) in [4.78, 5) is 8.28. The van der Waals surface area contributed by atoms with Gasteiger partial charge in [0.2, 0.25) is 0 Å². The molecule has 3 N–H and O–H groups in total. The molecule has 5 heteroatoms. The molecule has 2 heterocycles. The second-order valence-electron chi connectivity index (χ2n) is 4.04. The highest BCUT2D eigenvalue weighted by atomic mass is 16.3. The van der Waals surface area contributed by atoms with E-state index in [0.29, 0.717) is 17.5 Å². The lowest BCUT2D eigenvalue weighted by Gasteiger charge is -2.12. The first-order chi connectivity index (χ1) is 8.04. The summed E-state index contributed by atoms with van der Waals surface area (Å²) in [7, 11) is 0. The Balaban J connectivity index is 2.15. The maximum atomic E-state index is 5.66. The number of furan rings is 1. The smallest absolute Gasteiger partial charge is 0.132 e. The Morgan fingerprint density at radius 3 is 2.65 bits per heavy atom. The van der Waals surface area contributed by atoms with Gasteiger partial charge in [0, 0.05) is 6.07 Å². The molecular weight excluding hydrogens is 216 g/mol. The Bertz CT molecular complexity index is 501. The molecule has 1 atom stereocenters. The number of aromatic nitrogens is 2. The quantitative estimate of drug-likeness (QED) is 0.849. The molecule has 0 bridgehead atoms. The minimum atomic E-state index is 0.0393. The van der Waals surface area contributed by atoms with Gasteiger partial charge in [0.1, 0.15) is 29.0 Å². The van der Waals surface area contributed by atoms with E-state index in [0.717, 1.165) is 11.5 Å². The van der Waals surface area contributed by atoms with Gasteiger partial charge in [-0.2, -0.15) is 0 Å². The molecule has 0 radical (unpaired) electrons. The van der Waals surface area contributed by atoms with Crippen molar-refractivity contribution in [3.05, 3.63) is 35.5 Å². The molecule has 0 fully saturated rings. The highest BCUT2D eigenvalue weighted by Crippen LogP contribution is 2.20. The van der Waals surface area contributed by atoms with Crippen LogP contribution in [0.25, 0.3) is 0 Å². The van der Waals surface area contributed by atoms with Crippen molar-refractivity contribution in [1.29, 1.82) is 0 Å². The second kappa shape index (κ2) is 4.45. The van der Waals surface area contributed by atoms with E-state index in [-0.39, 0.29) is 6.04 Å². The maximum absolute atomic E-state index is 5.66. The highest BCUT2D eigenvalue weighted by molar-refractivity contribution is 5.45. The summed E-state index contributed by atoms with van der Waals surface area (Å²) in [5, 5.41) is 3.23. The van der Waals surface area contributed by atoms with Crippen molar-refractivity contribution >= 4 is 11.6 Å². The van der Waals surface area contributed by atoms with Gasteiger partial charge in [0.15, 0.2) is 0 Å². The molecule has 0 saturated heterocycles. The zero-order valence-corrected chi connectivity index (χ0v) is 10.2. The van der Waals surface area contributed by atoms with Gasteiger partial charge in [-0.15, -0.1) is 0 Å². The third kappa shape index (κ3) is 2.75. The van der Waals surface area contributed by atoms with Crippen molar-refractivity contribution in [2.45, 2.75) is 26.8 Å². The summed E-state index contributed by atoms with van der Waals surface area (Å²) in [6.45, 7) is 5.73. The summed E-state index contributed by atoms with van der Waals surface area (Å²) < 4.78 is 5.54. The number of hydrogen-bond acceptors (Lipinski definition) is 5. The van der Waals surface area contributed by atoms with E-state index in [4.69, 9.17) is 10.2 Å². The van der Waals surface area contributed by atoms with Crippen molar-refractivity contribution in [2.24, 2.45) is 0 Å². The third-order valence-corrected chi connectivity index (χ3v) is 2.41. The summed E-state index contributed by atoms with van der Waals surface area (Å²) in [5.41, 5.74) is 5.66. The minimum absolute atomic E-state index is 0.0393. The molecule has 90 valence electrons. The molecule has 0 aliphatic carbocycles. The molecule has 5 nitrogen and oxygen atoms in total. The summed E-state index contributed by atoms with van der Waals surface area (Å²) in [6, 6.07) is 5.63. The third-order valence-electron chi connectivity index (χ3n) is 2.41. The van der Waals surface area contributed by atoms with Gasteiger partial charge in [-0.1, -0.05) is 0 Å². The predicted molar refractivity (Wildman–Crippen MR) is 66.7 cm³/mol. The molecule has 2 aromatic rings. The number of nitrogens with one attached hydrogen (secondary N) is 1. The van der Waals surface area contributed by atoms with Crippen LogP contribution in [0.3, 0.4) is 0 Å². The van der Waals surface area contributed by atoms with E-state index in [1.54, 1.807) is 6.07 Å². The van der Waals surface area contributed by atoms with Crippen molar-refractivity contribution < 1.29 is 4.42 Å². The van der Waals surface area contributed by atoms with E-state index >= 15 is 0 Å². The molecule has 2 rings (SSSR count). The Labute approximate surface area is 100 Å². The number of aryl methyl sites for hydroxylation is 2. The van der Waals surface area contributed by atoms with Crippen LogP contribution in [-0.4, -0.2) is 9.97 Å². The van der Waals surface area contributed by atoms with Crippen LogP contribution in [0.15, 0.2) is 22.6 Å². The average molecular weight is 232 g/mol. The molecule has 0 aliphatic heterocycles. The molecular formula is C12H16N4O. The molecule has 0 saturated carbocycles. The zero-order valence-electron chi connectivity index (χ0n) is 10.2. The molecule has 17 heavy (non-hydrogen) atoms. The van der Waals surface area contributed by atoms with Crippen LogP contribution in [0.5, 0.6) is 0 Å². The first-order valence-corrected chi connectivity index (χ1v) is 5.48. The van der Waals surface area contributed by atoms with Gasteiger partial charge in [-0.3, -0.25) is 0 Å². The normalized spacial score (nSPS) is 12.4. The van der Waals surface area contributed by atoms with E-state index in [1.165, 1.54) is 0 Å². The number of rotatable bonds is 3. The number of hydrogen-bond donors (Lipinski definition) is 2. The Kier molecular flexibility index (Phi) is 2.99. The van der Waals surface area contributed by atoms with Crippen molar-refractivity contribution in [3.8, 4) is 0 Å². The zero-order chi connectivity index (χ0) is 12.4. The second-order valence-corrected chi connectivity index (χ2v) is 4.04. The highest BCUT2D eigenvalue weighted by Gasteiger charge is 2.10. The number of nitrogens with zero attached hydrogens (tertiary/aromatic N) is 2. The Morgan fingerprint density at radius 1 is 1.29 bits per heavy atom. The fourth-order valence-electron chi connectivity index (χ4n) is 1.64. The minimum Gasteiger partial charge on any atom is -0.464 e. The summed E-state index contributed by atoms with van der Waals surface area (Å²) in [6.07, 6.45) is 0.